The highest BCUT2D eigenvalue weighted by atomic mass is 28.3. The van der Waals surface area contributed by atoms with E-state index in [-0.39, 0.29) is 0 Å². The van der Waals surface area contributed by atoms with Crippen LogP contribution >= 0.6 is 0 Å². The summed E-state index contributed by atoms with van der Waals surface area (Å²) in [6.45, 7) is 13.6. The summed E-state index contributed by atoms with van der Waals surface area (Å²) >= 11 is 0. The van der Waals surface area contributed by atoms with Gasteiger partial charge in [0.1, 0.15) is 0 Å². The molecular weight excluding hydrogens is 412 g/mol. The second-order valence-electron chi connectivity index (χ2n) is 9.39. The molecule has 0 fully saturated rings. The van der Waals surface area contributed by atoms with Crippen LogP contribution in [-0.2, 0) is 9.47 Å². The minimum absolute atomic E-state index is 0.508. The molecule has 2 aromatic carbocycles. The molecule has 0 spiro atoms. The number of benzene rings is 2. The summed E-state index contributed by atoms with van der Waals surface area (Å²) in [7, 11) is -3.96. The van der Waals surface area contributed by atoms with Gasteiger partial charge in [-0.25, -0.2) is 0 Å². The third-order valence-electron chi connectivity index (χ3n) is 5.35. The van der Waals surface area contributed by atoms with Crippen molar-refractivity contribution in [1.29, 1.82) is 0 Å². The fourth-order valence-corrected chi connectivity index (χ4v) is 9.19. The lowest BCUT2D eigenvalue weighted by molar-refractivity contribution is 0.187. The van der Waals surface area contributed by atoms with Crippen molar-refractivity contribution < 1.29 is 19.1 Å². The van der Waals surface area contributed by atoms with Gasteiger partial charge in [-0.15, -0.1) is 0 Å². The Hall–Kier alpha value is -1.97. The molecule has 0 saturated carbocycles. The van der Waals surface area contributed by atoms with E-state index in [1.165, 1.54) is 24.6 Å². The molecule has 0 aliphatic rings. The van der Waals surface area contributed by atoms with Gasteiger partial charge in [0.25, 0.3) is 11.2 Å². The molecule has 0 N–H and O–H groups in total. The van der Waals surface area contributed by atoms with Gasteiger partial charge in [-0.05, 0) is 10.4 Å². The molecule has 0 atom stereocenters. The Bertz CT molecular complexity index is 801. The molecule has 29 heavy (non-hydrogen) atoms. The van der Waals surface area contributed by atoms with Crippen molar-refractivity contribution >= 4 is 56.2 Å². The molecule has 7 heteroatoms. The predicted molar refractivity (Wildman–Crippen MR) is 129 cm³/mol. The lowest BCUT2D eigenvalue weighted by Gasteiger charge is -2.28. The summed E-state index contributed by atoms with van der Waals surface area (Å²) in [6.07, 6.45) is 0. The summed E-state index contributed by atoms with van der Waals surface area (Å²) in [5.41, 5.74) is -1.02. The summed E-state index contributed by atoms with van der Waals surface area (Å²) in [5, 5.41) is 3.93. The molecule has 156 valence electrons. The highest BCUT2D eigenvalue weighted by molar-refractivity contribution is 7.37. The van der Waals surface area contributed by atoms with Gasteiger partial charge in [-0.2, -0.15) is 0 Å². The molecule has 4 nitrogen and oxygen atoms in total. The number of methoxy groups -OCH3 is 2. The van der Waals surface area contributed by atoms with Crippen molar-refractivity contribution in [3.63, 3.8) is 0 Å². The smallest absolute Gasteiger partial charge is 0.370 e. The lowest BCUT2D eigenvalue weighted by atomic mass is 10.3. The van der Waals surface area contributed by atoms with Gasteiger partial charge in [-0.3, -0.25) is 9.59 Å². The van der Waals surface area contributed by atoms with Crippen LogP contribution in [0.2, 0.25) is 39.3 Å². The second-order valence-corrected chi connectivity index (χ2v) is 23.0. The first-order valence-corrected chi connectivity index (χ1v) is 18.8. The van der Waals surface area contributed by atoms with Crippen LogP contribution in [0.5, 0.6) is 0 Å². The van der Waals surface area contributed by atoms with Crippen LogP contribution < -0.4 is 20.7 Å². The lowest BCUT2D eigenvalue weighted by Crippen LogP contribution is -2.70. The monoisotopic (exact) mass is 444 g/mol. The van der Waals surface area contributed by atoms with Crippen LogP contribution in [-0.4, -0.2) is 49.6 Å². The maximum Gasteiger partial charge on any atom is 0.370 e. The third-order valence-corrected chi connectivity index (χ3v) is 13.5. The van der Waals surface area contributed by atoms with Gasteiger partial charge in [0, 0.05) is 0 Å². The quantitative estimate of drug-likeness (QED) is 0.643. The number of carbonyl (C=O) groups excluding carboxylic acids is 2. The number of hydrogen-bond acceptors (Lipinski definition) is 4. The molecule has 0 aliphatic carbocycles. The second kappa shape index (κ2) is 8.41. The largest absolute Gasteiger partial charge is 0.472 e. The average molecular weight is 445 g/mol. The van der Waals surface area contributed by atoms with Crippen molar-refractivity contribution in [1.82, 2.24) is 0 Å². The molecule has 2 aromatic rings. The number of ether oxygens (including phenoxy) is 2. The maximum absolute atomic E-state index is 13.2. The minimum Gasteiger partial charge on any atom is -0.472 e. The van der Waals surface area contributed by atoms with Crippen LogP contribution in [0.25, 0.3) is 0 Å². The van der Waals surface area contributed by atoms with Crippen molar-refractivity contribution in [2.75, 3.05) is 14.2 Å². The van der Waals surface area contributed by atoms with Crippen molar-refractivity contribution in [2.45, 2.75) is 39.3 Å². The number of carbonyl (C=O) groups is 2. The fourth-order valence-electron chi connectivity index (χ4n) is 3.47. The zero-order valence-corrected chi connectivity index (χ0v) is 21.8. The van der Waals surface area contributed by atoms with Crippen molar-refractivity contribution in [3.05, 3.63) is 48.5 Å². The summed E-state index contributed by atoms with van der Waals surface area (Å²) in [4.78, 5) is 26.3. The first-order chi connectivity index (χ1) is 13.4. The van der Waals surface area contributed by atoms with Gasteiger partial charge in [-0.1, -0.05) is 98.2 Å². The Kier molecular flexibility index (Phi) is 6.76. The first-order valence-electron chi connectivity index (χ1n) is 9.78. The molecule has 0 radical (unpaired) electrons. The molecule has 0 bridgehead atoms. The third kappa shape index (κ3) is 4.46. The van der Waals surface area contributed by atoms with E-state index >= 15 is 0 Å². The highest BCUT2D eigenvalue weighted by Crippen LogP contribution is 2.14. The SMILES string of the molecule is COC(=O)[Si](C(=O)OC)(c1ccc([Si](C)(C)C)cc1)c1ccc([Si](C)(C)C)cc1. The van der Waals surface area contributed by atoms with E-state index in [1.54, 1.807) is 0 Å². The van der Waals surface area contributed by atoms with E-state index < -0.39 is 35.4 Å². The molecule has 2 rings (SSSR count). The first kappa shape index (κ1) is 23.3. The molecule has 0 unspecified atom stereocenters. The Morgan fingerprint density at radius 3 is 1.00 bits per heavy atom. The van der Waals surface area contributed by atoms with Crippen molar-refractivity contribution in [2.24, 2.45) is 0 Å². The number of hydrogen-bond donors (Lipinski definition) is 0. The van der Waals surface area contributed by atoms with E-state index in [0.29, 0.717) is 10.4 Å². The molecule has 0 heterocycles. The average Bonchev–Trinajstić information content (AvgIpc) is 2.67. The fraction of sp³-hybridized carbons (Fsp3) is 0.364. The van der Waals surface area contributed by atoms with Crippen LogP contribution in [0.3, 0.4) is 0 Å². The van der Waals surface area contributed by atoms with E-state index in [0.717, 1.165) is 0 Å². The van der Waals surface area contributed by atoms with Crippen LogP contribution in [0.4, 0.5) is 9.59 Å². The number of rotatable bonds is 6. The van der Waals surface area contributed by atoms with Gasteiger partial charge < -0.3 is 9.47 Å². The molecule has 0 aliphatic heterocycles. The summed E-state index contributed by atoms with van der Waals surface area (Å²) in [5.74, 6) is 0. The van der Waals surface area contributed by atoms with E-state index in [2.05, 4.69) is 39.3 Å². The summed E-state index contributed by atoms with van der Waals surface area (Å²) < 4.78 is 10.4. The molecule has 0 aromatic heterocycles. The topological polar surface area (TPSA) is 52.6 Å². The molecule has 0 saturated heterocycles. The standard InChI is InChI=1S/C22H32O4Si3/c1-25-21(23)29(22(24)26-2,19-13-9-17(10-14-19)27(3,4)5)20-15-11-18(12-16-20)28(6,7)8/h9-16H,1-8H3. The van der Waals surface area contributed by atoms with Gasteiger partial charge in [0.05, 0.1) is 30.4 Å². The Morgan fingerprint density at radius 2 is 0.793 bits per heavy atom. The van der Waals surface area contributed by atoms with E-state index in [9.17, 15) is 9.59 Å². The van der Waals surface area contributed by atoms with Crippen LogP contribution in [0.1, 0.15) is 0 Å². The van der Waals surface area contributed by atoms with Gasteiger partial charge >= 0.3 is 8.07 Å². The van der Waals surface area contributed by atoms with E-state index in [4.69, 9.17) is 9.47 Å². The van der Waals surface area contributed by atoms with Gasteiger partial charge in [0.15, 0.2) is 0 Å². The summed E-state index contributed by atoms with van der Waals surface area (Å²) in [6, 6.07) is 15.9. The van der Waals surface area contributed by atoms with Crippen molar-refractivity contribution in [3.8, 4) is 0 Å². The van der Waals surface area contributed by atoms with Gasteiger partial charge in [0.2, 0.25) is 0 Å². The van der Waals surface area contributed by atoms with E-state index in [1.807, 2.05) is 48.5 Å². The highest BCUT2D eigenvalue weighted by Gasteiger charge is 2.56. The minimum atomic E-state index is -3.61. The zero-order valence-electron chi connectivity index (χ0n) is 18.8. The normalized spacial score (nSPS) is 12.4. The maximum atomic E-state index is 13.2. The molecular formula is C22H32O4Si3. The Balaban J connectivity index is 2.75. The Labute approximate surface area is 177 Å². The zero-order chi connectivity index (χ0) is 22.0. The predicted octanol–water partition coefficient (Wildman–Crippen LogP) is 3.04. The Morgan fingerprint density at radius 1 is 0.552 bits per heavy atom. The van der Waals surface area contributed by atoms with Crippen LogP contribution in [0, 0.1) is 0 Å². The molecule has 0 amide bonds. The van der Waals surface area contributed by atoms with Crippen LogP contribution in [0.15, 0.2) is 48.5 Å².